The second-order valence-electron chi connectivity index (χ2n) is 5.33. The van der Waals surface area contributed by atoms with Gasteiger partial charge in [-0.15, -0.1) is 0 Å². The molecule has 1 atom stereocenters. The number of carbonyl (C=O) groups is 1. The fraction of sp³-hybridized carbons (Fsp3) is 0.562. The van der Waals surface area contributed by atoms with E-state index in [9.17, 15) is 4.79 Å². The Morgan fingerprint density at radius 1 is 1.32 bits per heavy atom. The second kappa shape index (κ2) is 6.20. The molecule has 0 radical (unpaired) electrons. The predicted octanol–water partition coefficient (Wildman–Crippen LogP) is 2.88. The zero-order valence-corrected chi connectivity index (χ0v) is 12.1. The first-order valence-corrected chi connectivity index (χ1v) is 7.13. The van der Waals surface area contributed by atoms with Gasteiger partial charge in [0.15, 0.2) is 5.78 Å². The second-order valence-corrected chi connectivity index (χ2v) is 5.33. The summed E-state index contributed by atoms with van der Waals surface area (Å²) in [4.78, 5) is 12.5. The Labute approximate surface area is 115 Å². The zero-order valence-electron chi connectivity index (χ0n) is 12.1. The Hall–Kier alpha value is -1.35. The predicted molar refractivity (Wildman–Crippen MR) is 77.0 cm³/mol. The maximum Gasteiger partial charge on any atom is 0.174 e. The highest BCUT2D eigenvalue weighted by Gasteiger charge is 2.30. The number of hydrogen-bond acceptors (Lipinski definition) is 3. The summed E-state index contributed by atoms with van der Waals surface area (Å²) in [6.07, 6.45) is 2.32. The highest BCUT2D eigenvalue weighted by Crippen LogP contribution is 2.32. The lowest BCUT2D eigenvalue weighted by molar-refractivity contribution is 0.0828. The van der Waals surface area contributed by atoms with Crippen molar-refractivity contribution in [1.29, 1.82) is 0 Å². The number of unbranched alkanes of at least 4 members (excludes halogenated alkanes) is 1. The van der Waals surface area contributed by atoms with Crippen molar-refractivity contribution in [2.45, 2.75) is 33.6 Å². The molecule has 1 aliphatic heterocycles. The number of Topliss-reactive ketones (excluding diaryl/α,β-unsaturated/α-hetero) is 1. The van der Waals surface area contributed by atoms with Gasteiger partial charge >= 0.3 is 0 Å². The van der Waals surface area contributed by atoms with Crippen molar-refractivity contribution in [1.82, 2.24) is 5.32 Å². The largest absolute Gasteiger partial charge is 0.492 e. The van der Waals surface area contributed by atoms with Crippen LogP contribution in [0, 0.1) is 19.8 Å². The molecule has 0 aromatic heterocycles. The normalized spacial score (nSPS) is 18.1. The van der Waals surface area contributed by atoms with Crippen molar-refractivity contribution in [3.8, 4) is 5.75 Å². The van der Waals surface area contributed by atoms with Gasteiger partial charge in [0.2, 0.25) is 0 Å². The molecule has 19 heavy (non-hydrogen) atoms. The smallest absolute Gasteiger partial charge is 0.174 e. The maximum absolute atomic E-state index is 12.5. The average molecular weight is 261 g/mol. The molecule has 0 amide bonds. The van der Waals surface area contributed by atoms with Crippen molar-refractivity contribution in [3.05, 3.63) is 28.8 Å². The first-order chi connectivity index (χ1) is 9.15. The molecule has 1 aliphatic rings. The van der Waals surface area contributed by atoms with Crippen LogP contribution in [0.1, 0.15) is 41.3 Å². The molecule has 0 fully saturated rings. The zero-order chi connectivity index (χ0) is 13.8. The average Bonchev–Trinajstić information content (AvgIpc) is 2.40. The van der Waals surface area contributed by atoms with Gasteiger partial charge in [-0.3, -0.25) is 4.79 Å². The van der Waals surface area contributed by atoms with Crippen molar-refractivity contribution in [2.24, 2.45) is 5.92 Å². The number of carbonyl (C=O) groups excluding carboxylic acids is 1. The van der Waals surface area contributed by atoms with E-state index in [0.717, 1.165) is 35.4 Å². The van der Waals surface area contributed by atoms with Crippen LogP contribution in [-0.4, -0.2) is 25.5 Å². The third-order valence-electron chi connectivity index (χ3n) is 3.71. The Kier molecular flexibility index (Phi) is 4.59. The number of ether oxygens (including phenoxy) is 1. The summed E-state index contributed by atoms with van der Waals surface area (Å²) >= 11 is 0. The summed E-state index contributed by atoms with van der Waals surface area (Å²) in [5.74, 6) is 0.964. The van der Waals surface area contributed by atoms with Crippen LogP contribution in [-0.2, 0) is 0 Å². The van der Waals surface area contributed by atoms with Gasteiger partial charge < -0.3 is 10.1 Å². The fourth-order valence-electron chi connectivity index (χ4n) is 2.47. The number of fused-ring (bicyclic) bond motifs is 1. The summed E-state index contributed by atoms with van der Waals surface area (Å²) < 4.78 is 5.81. The molecule has 0 bridgehead atoms. The Bertz CT molecular complexity index is 468. The minimum atomic E-state index is -0.0511. The molecular formula is C16H23NO2. The van der Waals surface area contributed by atoms with Gasteiger partial charge in [-0.1, -0.05) is 25.5 Å². The van der Waals surface area contributed by atoms with Gasteiger partial charge in [0.1, 0.15) is 5.75 Å². The molecule has 3 nitrogen and oxygen atoms in total. The minimum Gasteiger partial charge on any atom is -0.492 e. The molecular weight excluding hydrogens is 238 g/mol. The van der Waals surface area contributed by atoms with Crippen molar-refractivity contribution >= 4 is 5.78 Å². The van der Waals surface area contributed by atoms with E-state index in [4.69, 9.17) is 4.74 Å². The monoisotopic (exact) mass is 261 g/mol. The lowest BCUT2D eigenvalue weighted by atomic mass is 9.90. The van der Waals surface area contributed by atoms with Crippen LogP contribution in [0.25, 0.3) is 0 Å². The molecule has 1 aromatic rings. The van der Waals surface area contributed by atoms with E-state index in [1.54, 1.807) is 0 Å². The Balaban J connectivity index is 2.09. The number of benzene rings is 1. The van der Waals surface area contributed by atoms with Crippen LogP contribution in [0.15, 0.2) is 12.1 Å². The van der Waals surface area contributed by atoms with Crippen molar-refractivity contribution in [3.63, 3.8) is 0 Å². The van der Waals surface area contributed by atoms with Crippen LogP contribution in [0.2, 0.25) is 0 Å². The van der Waals surface area contributed by atoms with Gasteiger partial charge in [0.25, 0.3) is 0 Å². The first kappa shape index (κ1) is 14.1. The molecule has 1 N–H and O–H groups in total. The van der Waals surface area contributed by atoms with Gasteiger partial charge in [0, 0.05) is 6.54 Å². The van der Waals surface area contributed by atoms with Gasteiger partial charge in [0.05, 0.1) is 18.1 Å². The summed E-state index contributed by atoms with van der Waals surface area (Å²) in [6.45, 7) is 8.32. The van der Waals surface area contributed by atoms with Crippen molar-refractivity contribution in [2.75, 3.05) is 19.7 Å². The topological polar surface area (TPSA) is 38.3 Å². The van der Waals surface area contributed by atoms with Gasteiger partial charge in [-0.25, -0.2) is 0 Å². The van der Waals surface area contributed by atoms with E-state index in [1.165, 1.54) is 6.42 Å². The Morgan fingerprint density at radius 2 is 2.05 bits per heavy atom. The summed E-state index contributed by atoms with van der Waals surface area (Å²) in [5.41, 5.74) is 2.85. The van der Waals surface area contributed by atoms with Gasteiger partial charge in [-0.2, -0.15) is 0 Å². The standard InChI is InChI=1S/C16H23NO2/c1-4-5-8-17-9-13-10-19-16-12(3)7-6-11(2)14(16)15(13)18/h6-7,13,17H,4-5,8-10H2,1-3H3/t13-/m1/s1. The van der Waals surface area contributed by atoms with E-state index in [1.807, 2.05) is 26.0 Å². The van der Waals surface area contributed by atoms with E-state index >= 15 is 0 Å². The molecule has 3 heteroatoms. The number of rotatable bonds is 5. The summed E-state index contributed by atoms with van der Waals surface area (Å²) in [5, 5.41) is 3.35. The van der Waals surface area contributed by atoms with E-state index in [-0.39, 0.29) is 11.7 Å². The molecule has 0 aliphatic carbocycles. The van der Waals surface area contributed by atoms with Crippen LogP contribution in [0.3, 0.4) is 0 Å². The van der Waals surface area contributed by atoms with Crippen molar-refractivity contribution < 1.29 is 9.53 Å². The van der Waals surface area contributed by atoms with Crippen LogP contribution in [0.4, 0.5) is 0 Å². The number of ketones is 1. The first-order valence-electron chi connectivity index (χ1n) is 7.13. The minimum absolute atomic E-state index is 0.0511. The highest BCUT2D eigenvalue weighted by atomic mass is 16.5. The van der Waals surface area contributed by atoms with E-state index in [2.05, 4.69) is 12.2 Å². The molecule has 0 spiro atoms. The molecule has 0 unspecified atom stereocenters. The van der Waals surface area contributed by atoms with Crippen LogP contribution >= 0.6 is 0 Å². The SMILES string of the molecule is CCCCNC[C@@H]1COc2c(C)ccc(C)c2C1=O. The lowest BCUT2D eigenvalue weighted by Crippen LogP contribution is -2.37. The summed E-state index contributed by atoms with van der Waals surface area (Å²) in [6, 6.07) is 4.02. The number of nitrogens with one attached hydrogen (secondary N) is 1. The van der Waals surface area contributed by atoms with Gasteiger partial charge in [-0.05, 0) is 37.9 Å². The maximum atomic E-state index is 12.5. The molecule has 0 saturated heterocycles. The molecule has 104 valence electrons. The third kappa shape index (κ3) is 2.98. The van der Waals surface area contributed by atoms with Crippen LogP contribution < -0.4 is 10.1 Å². The highest BCUT2D eigenvalue weighted by molar-refractivity contribution is 6.03. The van der Waals surface area contributed by atoms with E-state index in [0.29, 0.717) is 13.2 Å². The molecule has 1 aromatic carbocycles. The number of hydrogen-bond donors (Lipinski definition) is 1. The fourth-order valence-corrected chi connectivity index (χ4v) is 2.47. The van der Waals surface area contributed by atoms with Crippen LogP contribution in [0.5, 0.6) is 5.75 Å². The van der Waals surface area contributed by atoms with E-state index < -0.39 is 0 Å². The molecule has 2 rings (SSSR count). The molecule has 1 heterocycles. The molecule has 0 saturated carbocycles. The lowest BCUT2D eigenvalue weighted by Gasteiger charge is -2.26. The Morgan fingerprint density at radius 3 is 2.79 bits per heavy atom. The third-order valence-corrected chi connectivity index (χ3v) is 3.71. The number of aryl methyl sites for hydroxylation is 2. The summed E-state index contributed by atoms with van der Waals surface area (Å²) in [7, 11) is 0. The quantitative estimate of drug-likeness (QED) is 0.828.